The van der Waals surface area contributed by atoms with E-state index in [-0.39, 0.29) is 6.10 Å². The minimum atomic E-state index is -0.131. The van der Waals surface area contributed by atoms with Gasteiger partial charge in [0.1, 0.15) is 0 Å². The zero-order chi connectivity index (χ0) is 13.0. The summed E-state index contributed by atoms with van der Waals surface area (Å²) in [5, 5.41) is 10.2. The van der Waals surface area contributed by atoms with E-state index in [0.29, 0.717) is 12.1 Å². The molecule has 3 heteroatoms. The topological polar surface area (TPSA) is 49.5 Å². The molecule has 0 aromatic carbocycles. The Kier molecular flexibility index (Phi) is 5.46. The van der Waals surface area contributed by atoms with Crippen molar-refractivity contribution in [2.24, 2.45) is 11.7 Å². The van der Waals surface area contributed by atoms with Crippen LogP contribution in [-0.4, -0.2) is 41.8 Å². The van der Waals surface area contributed by atoms with Crippen molar-refractivity contribution in [1.29, 1.82) is 0 Å². The largest absolute Gasteiger partial charge is 0.392 e. The quantitative estimate of drug-likeness (QED) is 0.790. The molecule has 2 aliphatic rings. The van der Waals surface area contributed by atoms with Gasteiger partial charge in [-0.25, -0.2) is 0 Å². The lowest BCUT2D eigenvalue weighted by molar-refractivity contribution is 0.0731. The Balaban J connectivity index is 1.67. The smallest absolute Gasteiger partial charge is 0.0669 e. The van der Waals surface area contributed by atoms with Crippen molar-refractivity contribution < 1.29 is 5.11 Å². The highest BCUT2D eigenvalue weighted by atomic mass is 16.3. The van der Waals surface area contributed by atoms with Crippen LogP contribution in [0.4, 0.5) is 0 Å². The molecular formula is C15H30N2O. The van der Waals surface area contributed by atoms with Crippen LogP contribution in [0.5, 0.6) is 0 Å². The number of likely N-dealkylation sites (N-methyl/N-ethyl adjacent to an activating group) is 1. The first-order valence-electron chi connectivity index (χ1n) is 7.79. The van der Waals surface area contributed by atoms with Crippen molar-refractivity contribution in [2.45, 2.75) is 76.0 Å². The van der Waals surface area contributed by atoms with Gasteiger partial charge >= 0.3 is 0 Å². The molecule has 2 rings (SSSR count). The molecule has 2 fully saturated rings. The highest BCUT2D eigenvalue weighted by molar-refractivity contribution is 4.81. The predicted octanol–water partition coefficient (Wildman–Crippen LogP) is 2.13. The van der Waals surface area contributed by atoms with Gasteiger partial charge in [-0.05, 0) is 45.1 Å². The van der Waals surface area contributed by atoms with Crippen LogP contribution in [0, 0.1) is 5.92 Å². The molecule has 0 spiro atoms. The molecule has 0 aliphatic heterocycles. The van der Waals surface area contributed by atoms with Crippen LogP contribution >= 0.6 is 0 Å². The fraction of sp³-hybridized carbons (Fsp3) is 1.00. The van der Waals surface area contributed by atoms with Crippen LogP contribution in [0.15, 0.2) is 0 Å². The van der Waals surface area contributed by atoms with Crippen molar-refractivity contribution in [2.75, 3.05) is 13.6 Å². The lowest BCUT2D eigenvalue weighted by Gasteiger charge is -2.34. The minimum Gasteiger partial charge on any atom is -0.392 e. The molecule has 0 amide bonds. The Labute approximate surface area is 112 Å². The maximum absolute atomic E-state index is 10.2. The van der Waals surface area contributed by atoms with Crippen LogP contribution in [0.3, 0.4) is 0 Å². The Hall–Kier alpha value is -0.120. The molecule has 0 bridgehead atoms. The number of nitrogens with two attached hydrogens (primary N) is 1. The Bertz CT molecular complexity index is 233. The van der Waals surface area contributed by atoms with Gasteiger partial charge in [0.2, 0.25) is 0 Å². The van der Waals surface area contributed by atoms with Crippen LogP contribution in [-0.2, 0) is 0 Å². The second-order valence-corrected chi connectivity index (χ2v) is 6.55. The molecule has 3 nitrogen and oxygen atoms in total. The summed E-state index contributed by atoms with van der Waals surface area (Å²) >= 11 is 0. The third-order valence-corrected chi connectivity index (χ3v) is 4.94. The Morgan fingerprint density at radius 1 is 1.11 bits per heavy atom. The summed E-state index contributed by atoms with van der Waals surface area (Å²) < 4.78 is 0. The molecule has 3 N–H and O–H groups in total. The Morgan fingerprint density at radius 3 is 2.33 bits per heavy atom. The van der Waals surface area contributed by atoms with E-state index in [1.807, 2.05) is 0 Å². The van der Waals surface area contributed by atoms with Gasteiger partial charge < -0.3 is 15.7 Å². The average molecular weight is 254 g/mol. The van der Waals surface area contributed by atoms with E-state index in [9.17, 15) is 5.11 Å². The minimum absolute atomic E-state index is 0.131. The lowest BCUT2D eigenvalue weighted by Crippen LogP contribution is -2.42. The first kappa shape index (κ1) is 14.3. The molecule has 0 aromatic rings. The monoisotopic (exact) mass is 254 g/mol. The van der Waals surface area contributed by atoms with Gasteiger partial charge in [0.25, 0.3) is 0 Å². The SMILES string of the molecule is CN(CC(O)CC1CCCC1)C1CCC(N)CC1. The van der Waals surface area contributed by atoms with Crippen LogP contribution in [0.25, 0.3) is 0 Å². The molecule has 0 aromatic heterocycles. The number of rotatable bonds is 5. The normalized spacial score (nSPS) is 32.0. The molecule has 0 heterocycles. The van der Waals surface area contributed by atoms with Gasteiger partial charge in [0.05, 0.1) is 6.10 Å². The van der Waals surface area contributed by atoms with Crippen LogP contribution in [0.2, 0.25) is 0 Å². The van der Waals surface area contributed by atoms with E-state index in [1.165, 1.54) is 38.5 Å². The highest BCUT2D eigenvalue weighted by Gasteiger charge is 2.25. The molecule has 1 atom stereocenters. The first-order chi connectivity index (χ1) is 8.65. The Morgan fingerprint density at radius 2 is 1.72 bits per heavy atom. The maximum Gasteiger partial charge on any atom is 0.0669 e. The van der Waals surface area contributed by atoms with Gasteiger partial charge in [-0.1, -0.05) is 25.7 Å². The standard InChI is InChI=1S/C15H30N2O/c1-17(14-8-6-13(16)7-9-14)11-15(18)10-12-4-2-3-5-12/h12-15,18H,2-11,16H2,1H3. The van der Waals surface area contributed by atoms with Gasteiger partial charge in [-0.15, -0.1) is 0 Å². The zero-order valence-electron chi connectivity index (χ0n) is 11.9. The third kappa shape index (κ3) is 4.22. The van der Waals surface area contributed by atoms with Crippen molar-refractivity contribution in [3.05, 3.63) is 0 Å². The zero-order valence-corrected chi connectivity index (χ0v) is 11.9. The van der Waals surface area contributed by atoms with Gasteiger partial charge in [0.15, 0.2) is 0 Å². The number of aliphatic hydroxyl groups is 1. The lowest BCUT2D eigenvalue weighted by atomic mass is 9.90. The van der Waals surface area contributed by atoms with Gasteiger partial charge in [0, 0.05) is 18.6 Å². The van der Waals surface area contributed by atoms with Crippen molar-refractivity contribution in [1.82, 2.24) is 4.90 Å². The number of hydrogen-bond acceptors (Lipinski definition) is 3. The summed E-state index contributed by atoms with van der Waals surface area (Å²) in [5.74, 6) is 0.785. The molecule has 0 saturated heterocycles. The number of aliphatic hydroxyl groups excluding tert-OH is 1. The summed E-state index contributed by atoms with van der Waals surface area (Å²) in [6.45, 7) is 0.844. The predicted molar refractivity (Wildman–Crippen MR) is 75.4 cm³/mol. The van der Waals surface area contributed by atoms with E-state index in [1.54, 1.807) is 0 Å². The van der Waals surface area contributed by atoms with Gasteiger partial charge in [-0.3, -0.25) is 0 Å². The van der Waals surface area contributed by atoms with Crippen molar-refractivity contribution >= 4 is 0 Å². The maximum atomic E-state index is 10.2. The molecule has 2 saturated carbocycles. The fourth-order valence-electron chi connectivity index (χ4n) is 3.73. The highest BCUT2D eigenvalue weighted by Crippen LogP contribution is 2.29. The van der Waals surface area contributed by atoms with E-state index in [2.05, 4.69) is 11.9 Å². The fourth-order valence-corrected chi connectivity index (χ4v) is 3.73. The third-order valence-electron chi connectivity index (χ3n) is 4.94. The number of nitrogens with zero attached hydrogens (tertiary/aromatic N) is 1. The van der Waals surface area contributed by atoms with E-state index in [4.69, 9.17) is 5.73 Å². The summed E-state index contributed by atoms with van der Waals surface area (Å²) in [7, 11) is 2.17. The van der Waals surface area contributed by atoms with E-state index < -0.39 is 0 Å². The molecule has 0 radical (unpaired) electrons. The molecule has 18 heavy (non-hydrogen) atoms. The average Bonchev–Trinajstić information content (AvgIpc) is 2.82. The second kappa shape index (κ2) is 6.88. The van der Waals surface area contributed by atoms with E-state index >= 15 is 0 Å². The molecule has 1 unspecified atom stereocenters. The van der Waals surface area contributed by atoms with Crippen LogP contribution < -0.4 is 5.73 Å². The van der Waals surface area contributed by atoms with Crippen LogP contribution in [0.1, 0.15) is 57.8 Å². The molecule has 106 valence electrons. The summed E-state index contributed by atoms with van der Waals surface area (Å²) in [6, 6.07) is 1.06. The second-order valence-electron chi connectivity index (χ2n) is 6.55. The summed E-state index contributed by atoms with van der Waals surface area (Å²) in [5.41, 5.74) is 5.94. The summed E-state index contributed by atoms with van der Waals surface area (Å²) in [4.78, 5) is 2.37. The van der Waals surface area contributed by atoms with Crippen molar-refractivity contribution in [3.8, 4) is 0 Å². The van der Waals surface area contributed by atoms with Gasteiger partial charge in [-0.2, -0.15) is 0 Å². The summed E-state index contributed by atoms with van der Waals surface area (Å²) in [6.07, 6.45) is 11.0. The van der Waals surface area contributed by atoms with Crippen molar-refractivity contribution in [3.63, 3.8) is 0 Å². The molecule has 2 aliphatic carbocycles. The first-order valence-corrected chi connectivity index (χ1v) is 7.79. The molecular weight excluding hydrogens is 224 g/mol. The van der Waals surface area contributed by atoms with E-state index in [0.717, 1.165) is 31.7 Å². The number of hydrogen-bond donors (Lipinski definition) is 2.